The van der Waals surface area contributed by atoms with Crippen molar-refractivity contribution in [1.29, 1.82) is 0 Å². The molecule has 3 nitrogen and oxygen atoms in total. The first kappa shape index (κ1) is 20.4. The van der Waals surface area contributed by atoms with Crippen molar-refractivity contribution in [1.82, 2.24) is 10.6 Å². The lowest BCUT2D eigenvalue weighted by Crippen LogP contribution is -2.62. The number of hydrogen-bond donors (Lipinski definition) is 2. The molecule has 2 N–H and O–H groups in total. The van der Waals surface area contributed by atoms with Gasteiger partial charge in [0, 0.05) is 0 Å². The van der Waals surface area contributed by atoms with E-state index in [1.165, 1.54) is 0 Å². The molecule has 0 aromatic heterocycles. The second kappa shape index (κ2) is 5.91. The van der Waals surface area contributed by atoms with Gasteiger partial charge in [-0.15, -0.1) is 0 Å². The summed E-state index contributed by atoms with van der Waals surface area (Å²) in [5, 5.41) is -0.0569. The zero-order valence-corrected chi connectivity index (χ0v) is 9.60. The Hall–Kier alpha value is -1.57. The smallest absolute Gasteiger partial charge is 0.319 e. The van der Waals surface area contributed by atoms with Gasteiger partial charge in [0.2, 0.25) is 12.1 Å². The first-order valence-electron chi connectivity index (χ1n) is 4.70. The van der Waals surface area contributed by atoms with Crippen LogP contribution in [0.1, 0.15) is 0 Å². The molecule has 22 heavy (non-hydrogen) atoms. The van der Waals surface area contributed by atoms with E-state index in [0.29, 0.717) is 0 Å². The quantitative estimate of drug-likeness (QED) is 0.730. The minimum atomic E-state index is -6.18. The van der Waals surface area contributed by atoms with Gasteiger partial charge in [-0.3, -0.25) is 0 Å². The molecule has 132 valence electrons. The molecular weight excluding hydrogens is 356 g/mol. The van der Waals surface area contributed by atoms with Crippen LogP contribution in [0.2, 0.25) is 0 Å². The Balaban J connectivity index is 5.20. The van der Waals surface area contributed by atoms with Gasteiger partial charge in [0.15, 0.2) is 0 Å². The second-order valence-electron chi connectivity index (χ2n) is 3.65. The van der Waals surface area contributed by atoms with Gasteiger partial charge in [-0.2, -0.15) is 52.7 Å². The van der Waals surface area contributed by atoms with Gasteiger partial charge < -0.3 is 10.6 Å². The van der Waals surface area contributed by atoms with Crippen LogP contribution in [0.15, 0.2) is 0 Å². The average Bonchev–Trinajstić information content (AvgIpc) is 2.15. The molecule has 0 aliphatic carbocycles. The molecule has 0 rings (SSSR count). The van der Waals surface area contributed by atoms with Gasteiger partial charge in [0.1, 0.15) is 0 Å². The van der Waals surface area contributed by atoms with E-state index < -0.39 is 42.8 Å². The van der Waals surface area contributed by atoms with Crippen LogP contribution >= 0.6 is 0 Å². The van der Waals surface area contributed by atoms with Gasteiger partial charge >= 0.3 is 30.7 Å². The van der Waals surface area contributed by atoms with Crippen LogP contribution in [0.5, 0.6) is 0 Å². The minimum Gasteiger partial charge on any atom is -0.319 e. The van der Waals surface area contributed by atoms with Crippen molar-refractivity contribution in [2.45, 2.75) is 36.8 Å². The minimum absolute atomic E-state index is 0.0285. The molecule has 0 aromatic rings. The maximum atomic E-state index is 12.0. The average molecular weight is 360 g/mol. The molecule has 2 amide bonds. The number of carbonyl (C=O) groups excluding carboxylic acids is 1. The third-order valence-electron chi connectivity index (χ3n) is 1.86. The van der Waals surface area contributed by atoms with Crippen molar-refractivity contribution in [3.8, 4) is 0 Å². The molecule has 0 bridgehead atoms. The fraction of sp³-hybridized carbons (Fsp3) is 0.857. The van der Waals surface area contributed by atoms with Crippen molar-refractivity contribution in [2.75, 3.05) is 0 Å². The van der Waals surface area contributed by atoms with E-state index in [-0.39, 0.29) is 10.6 Å². The Morgan fingerprint density at radius 2 is 0.727 bits per heavy atom. The summed E-state index contributed by atoms with van der Waals surface area (Å²) >= 11 is 0. The van der Waals surface area contributed by atoms with Crippen molar-refractivity contribution >= 4 is 6.03 Å². The summed E-state index contributed by atoms with van der Waals surface area (Å²) in [6.45, 7) is 0. The Labute approximate surface area is 112 Å². The standard InChI is InChI=1S/C7H4F12N2O/c8-4(9,10)1(5(11,12)13)20-3(22)21-2(6(14,15)16)7(17,18)19/h1-2H,(H2,20,21,22). The van der Waals surface area contributed by atoms with Crippen molar-refractivity contribution < 1.29 is 57.5 Å². The van der Waals surface area contributed by atoms with E-state index in [9.17, 15) is 57.5 Å². The van der Waals surface area contributed by atoms with E-state index in [2.05, 4.69) is 0 Å². The number of halogens is 12. The number of alkyl halides is 12. The van der Waals surface area contributed by atoms with E-state index >= 15 is 0 Å². The van der Waals surface area contributed by atoms with Crippen molar-refractivity contribution in [3.05, 3.63) is 0 Å². The molecule has 0 saturated carbocycles. The van der Waals surface area contributed by atoms with Crippen LogP contribution in [0.3, 0.4) is 0 Å². The molecule has 0 aliphatic heterocycles. The number of urea groups is 1. The third-order valence-corrected chi connectivity index (χ3v) is 1.86. The predicted octanol–water partition coefficient (Wildman–Crippen LogP) is 3.27. The Bertz CT molecular complexity index is 326. The summed E-state index contributed by atoms with van der Waals surface area (Å²) < 4.78 is 144. The summed E-state index contributed by atoms with van der Waals surface area (Å²) in [5.41, 5.74) is 0. The number of carbonyl (C=O) groups is 1. The van der Waals surface area contributed by atoms with Gasteiger partial charge in [-0.25, -0.2) is 4.79 Å². The topological polar surface area (TPSA) is 41.1 Å². The van der Waals surface area contributed by atoms with E-state index in [0.717, 1.165) is 0 Å². The summed E-state index contributed by atoms with van der Waals surface area (Å²) in [7, 11) is 0. The Morgan fingerprint density at radius 1 is 0.545 bits per heavy atom. The third kappa shape index (κ3) is 6.05. The van der Waals surface area contributed by atoms with E-state index in [1.54, 1.807) is 0 Å². The molecule has 0 heterocycles. The molecule has 0 aliphatic rings. The molecule has 15 heteroatoms. The zero-order chi connectivity index (χ0) is 18.1. The Kier molecular flexibility index (Phi) is 5.48. The summed E-state index contributed by atoms with van der Waals surface area (Å²) in [6, 6.07) is -12.2. The largest absolute Gasteiger partial charge is 0.417 e. The van der Waals surface area contributed by atoms with Crippen LogP contribution in [0, 0.1) is 0 Å². The van der Waals surface area contributed by atoms with Gasteiger partial charge in [0.05, 0.1) is 0 Å². The normalized spacial score (nSPS) is 14.5. The maximum Gasteiger partial charge on any atom is 0.417 e. The van der Waals surface area contributed by atoms with Crippen molar-refractivity contribution in [2.24, 2.45) is 0 Å². The monoisotopic (exact) mass is 360 g/mol. The summed E-state index contributed by atoms with van der Waals surface area (Å²) in [5.74, 6) is 0. The van der Waals surface area contributed by atoms with E-state index in [4.69, 9.17) is 0 Å². The molecule has 0 atom stereocenters. The first-order chi connectivity index (χ1) is 9.37. The lowest BCUT2D eigenvalue weighted by molar-refractivity contribution is -0.258. The van der Waals surface area contributed by atoms with Gasteiger partial charge in [-0.05, 0) is 0 Å². The number of hydrogen-bond acceptors (Lipinski definition) is 1. The van der Waals surface area contributed by atoms with Crippen LogP contribution in [-0.2, 0) is 0 Å². The number of amides is 2. The molecule has 0 fully saturated rings. The van der Waals surface area contributed by atoms with Crippen LogP contribution in [0.4, 0.5) is 57.5 Å². The van der Waals surface area contributed by atoms with Crippen LogP contribution in [0.25, 0.3) is 0 Å². The highest BCUT2D eigenvalue weighted by atomic mass is 19.4. The number of nitrogens with one attached hydrogen (secondary N) is 2. The summed E-state index contributed by atoms with van der Waals surface area (Å²) in [6.07, 6.45) is -24.7. The molecular formula is C7H4F12N2O. The first-order valence-corrected chi connectivity index (χ1v) is 4.70. The zero-order valence-electron chi connectivity index (χ0n) is 9.60. The second-order valence-corrected chi connectivity index (χ2v) is 3.65. The summed E-state index contributed by atoms with van der Waals surface area (Å²) in [4.78, 5) is 10.6. The highest BCUT2D eigenvalue weighted by Gasteiger charge is 2.60. The molecule has 0 spiro atoms. The SMILES string of the molecule is O=C(NC(C(F)(F)F)C(F)(F)F)NC(C(F)(F)F)C(F)(F)F. The highest BCUT2D eigenvalue weighted by molar-refractivity contribution is 5.75. The molecule has 0 aromatic carbocycles. The van der Waals surface area contributed by atoms with Crippen LogP contribution < -0.4 is 10.6 Å². The molecule has 0 saturated heterocycles. The van der Waals surface area contributed by atoms with Crippen LogP contribution in [-0.4, -0.2) is 42.8 Å². The van der Waals surface area contributed by atoms with Gasteiger partial charge in [0.25, 0.3) is 0 Å². The fourth-order valence-electron chi connectivity index (χ4n) is 1.00. The molecule has 0 unspecified atom stereocenters. The Morgan fingerprint density at radius 3 is 0.864 bits per heavy atom. The lowest BCUT2D eigenvalue weighted by atomic mass is 10.2. The predicted molar refractivity (Wildman–Crippen MR) is 43.5 cm³/mol. The number of rotatable bonds is 2. The van der Waals surface area contributed by atoms with Gasteiger partial charge in [-0.1, -0.05) is 0 Å². The lowest BCUT2D eigenvalue weighted by Gasteiger charge is -2.27. The highest BCUT2D eigenvalue weighted by Crippen LogP contribution is 2.35. The van der Waals surface area contributed by atoms with E-state index in [1.807, 2.05) is 0 Å². The van der Waals surface area contributed by atoms with Crippen molar-refractivity contribution in [3.63, 3.8) is 0 Å². The molecule has 0 radical (unpaired) electrons. The maximum absolute atomic E-state index is 12.0. The fourth-order valence-corrected chi connectivity index (χ4v) is 1.00.